The normalized spacial score (nSPS) is 20.3. The van der Waals surface area contributed by atoms with Gasteiger partial charge in [0.25, 0.3) is 0 Å². The van der Waals surface area contributed by atoms with Crippen molar-refractivity contribution in [2.24, 2.45) is 5.92 Å². The maximum atomic E-state index is 13.1. The minimum atomic E-state index is -1.43. The van der Waals surface area contributed by atoms with Crippen LogP contribution in [0.5, 0.6) is 0 Å². The molecule has 2 atom stereocenters. The van der Waals surface area contributed by atoms with Crippen molar-refractivity contribution in [2.75, 3.05) is 19.7 Å². The first-order valence-corrected chi connectivity index (χ1v) is 10.6. The smallest absolute Gasteiger partial charge is 0.416 e. The predicted octanol–water partition coefficient (Wildman–Crippen LogP) is 2.60. The Bertz CT molecular complexity index is 974. The van der Waals surface area contributed by atoms with Crippen molar-refractivity contribution in [3.63, 3.8) is 0 Å². The van der Waals surface area contributed by atoms with Crippen molar-refractivity contribution >= 4 is 18.1 Å². The Morgan fingerprint density at radius 2 is 1.69 bits per heavy atom. The fraction of sp³-hybridized carbons (Fsp3) is 0.375. The fourth-order valence-corrected chi connectivity index (χ4v) is 4.03. The third kappa shape index (κ3) is 4.45. The number of carbonyl (C=O) groups is 3. The van der Waals surface area contributed by atoms with Crippen LogP contribution in [0.2, 0.25) is 0 Å². The molecular formula is C24H26N2O6. The molecular weight excluding hydrogens is 412 g/mol. The predicted molar refractivity (Wildman–Crippen MR) is 114 cm³/mol. The zero-order valence-corrected chi connectivity index (χ0v) is 17.8. The highest BCUT2D eigenvalue weighted by Gasteiger charge is 2.53. The van der Waals surface area contributed by atoms with Crippen LogP contribution in [0.15, 0.2) is 60.7 Å². The minimum Gasteiger partial charge on any atom is -0.447 e. The Balaban J connectivity index is 1.34. The number of amides is 3. The lowest BCUT2D eigenvalue weighted by atomic mass is 9.81. The lowest BCUT2D eigenvalue weighted by Gasteiger charge is -2.48. The van der Waals surface area contributed by atoms with E-state index in [0.717, 1.165) is 16.0 Å². The van der Waals surface area contributed by atoms with Gasteiger partial charge >= 0.3 is 12.2 Å². The van der Waals surface area contributed by atoms with E-state index in [-0.39, 0.29) is 26.3 Å². The Kier molecular flexibility index (Phi) is 6.14. The molecule has 2 heterocycles. The van der Waals surface area contributed by atoms with Crippen LogP contribution in [0.3, 0.4) is 0 Å². The van der Waals surface area contributed by atoms with Gasteiger partial charge in [-0.3, -0.25) is 4.79 Å². The van der Waals surface area contributed by atoms with Crippen LogP contribution in [-0.4, -0.2) is 64.3 Å². The number of cyclic esters (lactones) is 1. The van der Waals surface area contributed by atoms with Crippen molar-refractivity contribution < 1.29 is 29.0 Å². The molecule has 3 amide bonds. The number of rotatable bonds is 6. The number of ether oxygens (including phenoxy) is 2. The second-order valence-electron chi connectivity index (χ2n) is 8.35. The molecule has 168 valence electrons. The molecule has 2 aromatic carbocycles. The van der Waals surface area contributed by atoms with E-state index in [0.29, 0.717) is 6.42 Å². The van der Waals surface area contributed by atoms with Gasteiger partial charge in [-0.1, -0.05) is 67.6 Å². The zero-order valence-electron chi connectivity index (χ0n) is 17.8. The number of benzene rings is 2. The van der Waals surface area contributed by atoms with Crippen LogP contribution < -0.4 is 0 Å². The molecule has 0 spiro atoms. The molecule has 0 aliphatic carbocycles. The van der Waals surface area contributed by atoms with E-state index in [1.807, 2.05) is 60.7 Å². The second kappa shape index (κ2) is 9.00. The number of β-amino-alcohol motifs (C(OH)–C–C–N with tert-alkyl or cyclic N) is 1. The van der Waals surface area contributed by atoms with Gasteiger partial charge in [-0.25, -0.2) is 14.5 Å². The standard InChI is InChI=1S/C24H26N2O6/c1-17(21(27)26-20(14-32-23(26)29)12-18-8-4-2-5-9-18)24(30)15-25(16-24)22(28)31-13-19-10-6-3-7-11-19/h2-11,17,20,30H,12-16H2,1H3/t17?,20-/m0/s1. The van der Waals surface area contributed by atoms with Crippen molar-refractivity contribution in [1.29, 1.82) is 0 Å². The molecule has 8 nitrogen and oxygen atoms in total. The van der Waals surface area contributed by atoms with Gasteiger partial charge in [-0.05, 0) is 17.5 Å². The van der Waals surface area contributed by atoms with Gasteiger partial charge in [-0.15, -0.1) is 0 Å². The van der Waals surface area contributed by atoms with Gasteiger partial charge in [0.2, 0.25) is 5.91 Å². The first-order chi connectivity index (χ1) is 15.4. The van der Waals surface area contributed by atoms with Crippen LogP contribution >= 0.6 is 0 Å². The second-order valence-corrected chi connectivity index (χ2v) is 8.35. The summed E-state index contributed by atoms with van der Waals surface area (Å²) in [6.07, 6.45) is -0.785. The summed E-state index contributed by atoms with van der Waals surface area (Å²) in [7, 11) is 0. The van der Waals surface area contributed by atoms with Crippen LogP contribution in [-0.2, 0) is 27.3 Å². The lowest BCUT2D eigenvalue weighted by Crippen LogP contribution is -2.68. The topological polar surface area (TPSA) is 96.4 Å². The number of hydrogen-bond acceptors (Lipinski definition) is 6. The summed E-state index contributed by atoms with van der Waals surface area (Å²) in [6, 6.07) is 18.4. The fourth-order valence-electron chi connectivity index (χ4n) is 4.03. The van der Waals surface area contributed by atoms with Gasteiger partial charge in [0.15, 0.2) is 0 Å². The Morgan fingerprint density at radius 3 is 2.31 bits per heavy atom. The minimum absolute atomic E-state index is 0.0419. The molecule has 1 unspecified atom stereocenters. The van der Waals surface area contributed by atoms with E-state index in [1.165, 1.54) is 4.90 Å². The molecule has 2 aliphatic rings. The van der Waals surface area contributed by atoms with Gasteiger partial charge in [0, 0.05) is 0 Å². The van der Waals surface area contributed by atoms with E-state index < -0.39 is 35.7 Å². The van der Waals surface area contributed by atoms with E-state index in [9.17, 15) is 19.5 Å². The highest BCUT2D eigenvalue weighted by atomic mass is 16.6. The summed E-state index contributed by atoms with van der Waals surface area (Å²) < 4.78 is 10.4. The number of nitrogens with zero attached hydrogens (tertiary/aromatic N) is 2. The third-order valence-corrected chi connectivity index (χ3v) is 6.08. The monoisotopic (exact) mass is 438 g/mol. The zero-order chi connectivity index (χ0) is 22.7. The summed E-state index contributed by atoms with van der Waals surface area (Å²) in [6.45, 7) is 1.73. The first kappa shape index (κ1) is 21.8. The van der Waals surface area contributed by atoms with Crippen molar-refractivity contribution in [3.8, 4) is 0 Å². The van der Waals surface area contributed by atoms with Crippen molar-refractivity contribution in [2.45, 2.75) is 31.6 Å². The summed E-state index contributed by atoms with van der Waals surface area (Å²) in [5, 5.41) is 10.9. The maximum absolute atomic E-state index is 13.1. The van der Waals surface area contributed by atoms with Crippen LogP contribution in [0, 0.1) is 5.92 Å². The van der Waals surface area contributed by atoms with Crippen LogP contribution in [0.4, 0.5) is 9.59 Å². The molecule has 8 heteroatoms. The number of aliphatic hydroxyl groups is 1. The van der Waals surface area contributed by atoms with Gasteiger partial charge in [-0.2, -0.15) is 0 Å². The summed E-state index contributed by atoms with van der Waals surface area (Å²) in [4.78, 5) is 40.1. The largest absolute Gasteiger partial charge is 0.447 e. The molecule has 1 N–H and O–H groups in total. The summed E-state index contributed by atoms with van der Waals surface area (Å²) in [5.74, 6) is -1.39. The summed E-state index contributed by atoms with van der Waals surface area (Å²) in [5.41, 5.74) is 0.413. The van der Waals surface area contributed by atoms with Gasteiger partial charge in [0.1, 0.15) is 18.8 Å². The Morgan fingerprint density at radius 1 is 1.09 bits per heavy atom. The quantitative estimate of drug-likeness (QED) is 0.745. The summed E-state index contributed by atoms with van der Waals surface area (Å²) >= 11 is 0. The Labute approximate surface area is 186 Å². The number of imide groups is 1. The molecule has 2 aliphatic heterocycles. The molecule has 0 aromatic heterocycles. The average molecular weight is 438 g/mol. The Hall–Kier alpha value is -3.39. The first-order valence-electron chi connectivity index (χ1n) is 10.6. The number of hydrogen-bond donors (Lipinski definition) is 1. The highest BCUT2D eigenvalue weighted by Crippen LogP contribution is 2.32. The van der Waals surface area contributed by atoms with Crippen LogP contribution in [0.1, 0.15) is 18.1 Å². The molecule has 0 bridgehead atoms. The molecule has 2 aromatic rings. The van der Waals surface area contributed by atoms with Crippen molar-refractivity contribution in [1.82, 2.24) is 9.80 Å². The van der Waals surface area contributed by atoms with Crippen LogP contribution in [0.25, 0.3) is 0 Å². The average Bonchev–Trinajstić information content (AvgIpc) is 3.15. The molecule has 32 heavy (non-hydrogen) atoms. The van der Waals surface area contributed by atoms with E-state index in [1.54, 1.807) is 6.92 Å². The van der Waals surface area contributed by atoms with Crippen molar-refractivity contribution in [3.05, 3.63) is 71.8 Å². The third-order valence-electron chi connectivity index (χ3n) is 6.08. The number of carbonyl (C=O) groups excluding carboxylic acids is 3. The van der Waals surface area contributed by atoms with E-state index in [2.05, 4.69) is 0 Å². The van der Waals surface area contributed by atoms with Gasteiger partial charge < -0.3 is 19.5 Å². The maximum Gasteiger partial charge on any atom is 0.416 e. The van der Waals surface area contributed by atoms with E-state index >= 15 is 0 Å². The molecule has 2 saturated heterocycles. The molecule has 4 rings (SSSR count). The van der Waals surface area contributed by atoms with E-state index in [4.69, 9.17) is 9.47 Å². The number of likely N-dealkylation sites (tertiary alicyclic amines) is 1. The molecule has 0 radical (unpaired) electrons. The highest BCUT2D eigenvalue weighted by molar-refractivity contribution is 5.95. The lowest BCUT2D eigenvalue weighted by molar-refractivity contribution is -0.158. The molecule has 2 fully saturated rings. The van der Waals surface area contributed by atoms with Gasteiger partial charge in [0.05, 0.1) is 25.0 Å². The SMILES string of the molecule is CC(C(=O)N1C(=O)OC[C@@H]1Cc1ccccc1)C1(O)CN(C(=O)OCc2ccccc2)C1. The molecule has 0 saturated carbocycles.